The monoisotopic (exact) mass is 339 g/mol. The number of nitrogens with zero attached hydrogens (tertiary/aromatic N) is 1. The van der Waals surface area contributed by atoms with Crippen molar-refractivity contribution in [2.75, 3.05) is 44.7 Å². The van der Waals surface area contributed by atoms with Crippen LogP contribution < -0.4 is 10.0 Å². The minimum absolute atomic E-state index is 0.139. The van der Waals surface area contributed by atoms with E-state index < -0.39 is 15.9 Å². The summed E-state index contributed by atoms with van der Waals surface area (Å²) in [5.74, 6) is -0.477. The molecular formula is C15H21N3O4S. The van der Waals surface area contributed by atoms with Gasteiger partial charge in [0.1, 0.15) is 0 Å². The fourth-order valence-electron chi connectivity index (χ4n) is 2.79. The average Bonchev–Trinajstić information content (AvgIpc) is 3.01. The normalized spacial score (nSPS) is 18.3. The second kappa shape index (κ2) is 6.86. The van der Waals surface area contributed by atoms with E-state index >= 15 is 0 Å². The summed E-state index contributed by atoms with van der Waals surface area (Å²) in [6.07, 6.45) is 0.954. The van der Waals surface area contributed by atoms with E-state index in [2.05, 4.69) is 14.9 Å². The minimum Gasteiger partial charge on any atom is -0.384 e. The number of sulfonamides is 1. The Morgan fingerprint density at radius 1 is 1.30 bits per heavy atom. The molecule has 1 aromatic carbocycles. The fourth-order valence-corrected chi connectivity index (χ4v) is 3.86. The maximum absolute atomic E-state index is 12.3. The molecule has 0 aromatic heterocycles. The van der Waals surface area contributed by atoms with Crippen LogP contribution in [0.5, 0.6) is 0 Å². The Balaban J connectivity index is 1.58. The molecule has 1 amide bonds. The molecule has 0 saturated carbocycles. The van der Waals surface area contributed by atoms with Crippen molar-refractivity contribution in [3.63, 3.8) is 0 Å². The molecule has 0 atom stereocenters. The third kappa shape index (κ3) is 4.01. The lowest BCUT2D eigenvalue weighted by Gasteiger charge is -2.26. The first-order valence-corrected chi connectivity index (χ1v) is 9.25. The van der Waals surface area contributed by atoms with Crippen LogP contribution in [0.1, 0.15) is 12.0 Å². The van der Waals surface area contributed by atoms with Crippen molar-refractivity contribution in [3.8, 4) is 0 Å². The van der Waals surface area contributed by atoms with Gasteiger partial charge in [-0.1, -0.05) is 0 Å². The molecule has 2 aliphatic rings. The van der Waals surface area contributed by atoms with Gasteiger partial charge in [0.25, 0.3) is 10.0 Å². The van der Waals surface area contributed by atoms with Crippen LogP contribution in [0.4, 0.5) is 5.69 Å². The number of fused-ring (bicyclic) bond motifs is 1. The van der Waals surface area contributed by atoms with Gasteiger partial charge < -0.3 is 10.1 Å². The zero-order chi connectivity index (χ0) is 16.3. The number of morpholine rings is 1. The lowest BCUT2D eigenvalue weighted by Crippen LogP contribution is -2.39. The van der Waals surface area contributed by atoms with Crippen molar-refractivity contribution in [1.82, 2.24) is 9.62 Å². The van der Waals surface area contributed by atoms with Crippen molar-refractivity contribution in [1.29, 1.82) is 0 Å². The highest BCUT2D eigenvalue weighted by molar-refractivity contribution is 7.90. The molecule has 1 fully saturated rings. The summed E-state index contributed by atoms with van der Waals surface area (Å²) in [5, 5.41) is 3.18. The van der Waals surface area contributed by atoms with Crippen LogP contribution in [-0.4, -0.2) is 58.6 Å². The summed E-state index contributed by atoms with van der Waals surface area (Å²) in [7, 11) is -3.80. The van der Waals surface area contributed by atoms with E-state index in [1.165, 1.54) is 6.07 Å². The molecule has 0 bridgehead atoms. The first-order chi connectivity index (χ1) is 11.0. The first kappa shape index (κ1) is 16.2. The molecule has 2 heterocycles. The van der Waals surface area contributed by atoms with E-state index in [-0.39, 0.29) is 11.3 Å². The minimum atomic E-state index is -3.80. The van der Waals surface area contributed by atoms with Gasteiger partial charge in [0.05, 0.1) is 18.1 Å². The molecule has 3 rings (SSSR count). The van der Waals surface area contributed by atoms with Crippen molar-refractivity contribution in [2.45, 2.75) is 17.7 Å². The lowest BCUT2D eigenvalue weighted by molar-refractivity contribution is -0.119. The van der Waals surface area contributed by atoms with Gasteiger partial charge in [-0.2, -0.15) is 0 Å². The molecular weight excluding hydrogens is 318 g/mol. The highest BCUT2D eigenvalue weighted by Crippen LogP contribution is 2.24. The van der Waals surface area contributed by atoms with Crippen molar-refractivity contribution >= 4 is 21.6 Å². The number of amides is 1. The number of ether oxygens (including phenoxy) is 1. The summed E-state index contributed by atoms with van der Waals surface area (Å²) in [5.41, 5.74) is 1.93. The zero-order valence-corrected chi connectivity index (χ0v) is 13.7. The molecule has 126 valence electrons. The molecule has 1 aromatic rings. The van der Waals surface area contributed by atoms with Crippen LogP contribution in [0.25, 0.3) is 0 Å². The molecule has 2 N–H and O–H groups in total. The van der Waals surface area contributed by atoms with Crippen LogP contribution in [0.2, 0.25) is 0 Å². The Bertz CT molecular complexity index is 684. The zero-order valence-electron chi connectivity index (χ0n) is 12.9. The molecule has 1 saturated heterocycles. The Morgan fingerprint density at radius 2 is 2.09 bits per heavy atom. The van der Waals surface area contributed by atoms with Crippen molar-refractivity contribution < 1.29 is 17.9 Å². The Labute approximate surface area is 136 Å². The van der Waals surface area contributed by atoms with Gasteiger partial charge in [0.15, 0.2) is 0 Å². The van der Waals surface area contributed by atoms with Crippen molar-refractivity contribution in [2.24, 2.45) is 0 Å². The van der Waals surface area contributed by atoms with E-state index in [9.17, 15) is 13.2 Å². The largest absolute Gasteiger partial charge is 0.384 e. The van der Waals surface area contributed by atoms with Gasteiger partial charge in [-0.15, -0.1) is 0 Å². The summed E-state index contributed by atoms with van der Waals surface area (Å²) >= 11 is 0. The number of hydrogen-bond donors (Lipinski definition) is 2. The summed E-state index contributed by atoms with van der Waals surface area (Å²) < 4.78 is 32.0. The highest BCUT2D eigenvalue weighted by atomic mass is 32.2. The van der Waals surface area contributed by atoms with Crippen LogP contribution in [0.3, 0.4) is 0 Å². The predicted octanol–water partition coefficient (Wildman–Crippen LogP) is 0.182. The summed E-state index contributed by atoms with van der Waals surface area (Å²) in [6, 6.07) is 4.90. The molecule has 2 aliphatic heterocycles. The Hall–Kier alpha value is -1.64. The second-order valence-electron chi connectivity index (χ2n) is 5.73. The smallest absolute Gasteiger partial charge is 0.264 e. The van der Waals surface area contributed by atoms with E-state index in [0.717, 1.165) is 37.3 Å². The van der Waals surface area contributed by atoms with Gasteiger partial charge in [-0.05, 0) is 30.2 Å². The number of nitrogens with one attached hydrogen (secondary N) is 2. The van der Waals surface area contributed by atoms with Crippen molar-refractivity contribution in [3.05, 3.63) is 23.8 Å². The number of benzene rings is 1. The highest BCUT2D eigenvalue weighted by Gasteiger charge is 2.21. The quantitative estimate of drug-likeness (QED) is 0.796. The summed E-state index contributed by atoms with van der Waals surface area (Å²) in [4.78, 5) is 14.2. The van der Waals surface area contributed by atoms with Gasteiger partial charge in [0, 0.05) is 38.3 Å². The average molecular weight is 339 g/mol. The topological polar surface area (TPSA) is 87.7 Å². The predicted molar refractivity (Wildman–Crippen MR) is 85.8 cm³/mol. The number of carbonyl (C=O) groups is 1. The van der Waals surface area contributed by atoms with E-state index in [4.69, 9.17) is 4.74 Å². The van der Waals surface area contributed by atoms with E-state index in [1.807, 2.05) is 0 Å². The third-order valence-electron chi connectivity index (χ3n) is 4.10. The number of rotatable bonds is 5. The Morgan fingerprint density at radius 3 is 2.87 bits per heavy atom. The van der Waals surface area contributed by atoms with Gasteiger partial charge >= 0.3 is 0 Å². The first-order valence-electron chi connectivity index (χ1n) is 7.77. The molecule has 0 radical (unpaired) electrons. The van der Waals surface area contributed by atoms with Crippen LogP contribution >= 0.6 is 0 Å². The maximum atomic E-state index is 12.3. The van der Waals surface area contributed by atoms with Crippen LogP contribution in [0.15, 0.2) is 23.1 Å². The Kier molecular flexibility index (Phi) is 4.84. The molecule has 0 unspecified atom stereocenters. The van der Waals surface area contributed by atoms with E-state index in [1.54, 1.807) is 12.1 Å². The van der Waals surface area contributed by atoms with Gasteiger partial charge in [-0.3, -0.25) is 9.69 Å². The molecule has 23 heavy (non-hydrogen) atoms. The molecule has 8 heteroatoms. The SMILES string of the molecule is O=C(CCN1CCOCC1)NS(=O)(=O)c1ccc2c(c1)CCN2. The number of hydrogen-bond acceptors (Lipinski definition) is 6. The second-order valence-corrected chi connectivity index (χ2v) is 7.41. The maximum Gasteiger partial charge on any atom is 0.264 e. The summed E-state index contributed by atoms with van der Waals surface area (Å²) in [6.45, 7) is 4.21. The number of anilines is 1. The van der Waals surface area contributed by atoms with Gasteiger partial charge in [-0.25, -0.2) is 13.1 Å². The standard InChI is InChI=1S/C15H21N3O4S/c19-15(4-6-18-7-9-22-10-8-18)17-23(20,21)13-1-2-14-12(11-13)3-5-16-14/h1-2,11,16H,3-10H2,(H,17,19). The lowest BCUT2D eigenvalue weighted by atomic mass is 10.2. The van der Waals surface area contributed by atoms with Crippen LogP contribution in [-0.2, 0) is 26.0 Å². The number of carbonyl (C=O) groups excluding carboxylic acids is 1. The third-order valence-corrected chi connectivity index (χ3v) is 5.47. The fraction of sp³-hybridized carbons (Fsp3) is 0.533. The van der Waals surface area contributed by atoms with E-state index in [0.29, 0.717) is 19.8 Å². The molecule has 7 nitrogen and oxygen atoms in total. The van der Waals surface area contributed by atoms with Crippen LogP contribution in [0, 0.1) is 0 Å². The molecule has 0 aliphatic carbocycles. The molecule has 0 spiro atoms. The van der Waals surface area contributed by atoms with Gasteiger partial charge in [0.2, 0.25) is 5.91 Å².